The van der Waals surface area contributed by atoms with Crippen LogP contribution in [0.25, 0.3) is 10.9 Å². The van der Waals surface area contributed by atoms with Crippen molar-refractivity contribution in [3.63, 3.8) is 0 Å². The van der Waals surface area contributed by atoms with Crippen LogP contribution in [0.3, 0.4) is 0 Å². The molecule has 4 rings (SSSR count). The first-order valence-corrected chi connectivity index (χ1v) is 9.77. The van der Waals surface area contributed by atoms with E-state index in [4.69, 9.17) is 11.6 Å². The van der Waals surface area contributed by atoms with Crippen molar-refractivity contribution in [2.75, 3.05) is 31.1 Å². The Morgan fingerprint density at radius 2 is 1.83 bits per heavy atom. The summed E-state index contributed by atoms with van der Waals surface area (Å²) in [7, 11) is 0. The molecule has 9 heteroatoms. The molecule has 0 amide bonds. The number of hydrogen-bond acceptors (Lipinski definition) is 3. The summed E-state index contributed by atoms with van der Waals surface area (Å²) in [5.74, 6) is -0.983. The molecule has 1 saturated heterocycles. The lowest BCUT2D eigenvalue weighted by atomic mass is 10.0. The van der Waals surface area contributed by atoms with E-state index in [1.54, 1.807) is 30.5 Å². The Morgan fingerprint density at radius 1 is 1.10 bits per heavy atom. The normalized spacial score (nSPS) is 16.7. The fourth-order valence-corrected chi connectivity index (χ4v) is 4.12. The van der Waals surface area contributed by atoms with E-state index in [-0.39, 0.29) is 0 Å². The van der Waals surface area contributed by atoms with Gasteiger partial charge in [-0.3, -0.25) is 9.69 Å². The number of aromatic nitrogens is 1. The third-order valence-corrected chi connectivity index (χ3v) is 5.66. The Balaban J connectivity index is 1.54. The molecule has 2 N–H and O–H groups in total. The molecule has 158 valence electrons. The van der Waals surface area contributed by atoms with Gasteiger partial charge in [0, 0.05) is 59.6 Å². The molecule has 2 aromatic carbocycles. The highest BCUT2D eigenvalue weighted by Crippen LogP contribution is 2.34. The summed E-state index contributed by atoms with van der Waals surface area (Å²) in [4.78, 5) is 18.9. The van der Waals surface area contributed by atoms with Gasteiger partial charge < -0.3 is 15.0 Å². The molecule has 1 aromatic heterocycles. The summed E-state index contributed by atoms with van der Waals surface area (Å²) in [6.07, 6.45) is -2.72. The number of rotatable bonds is 4. The van der Waals surface area contributed by atoms with Gasteiger partial charge in [0.2, 0.25) is 0 Å². The molecule has 0 bridgehead atoms. The third-order valence-electron chi connectivity index (χ3n) is 5.42. The number of hydrogen-bond donors (Lipinski definition) is 2. The SMILES string of the molecule is O=C(O)[C@@H](c1c[nH]c2ccc(Cl)cc12)N1CCN(c2cccc(C(F)(F)F)c2)CC1. The van der Waals surface area contributed by atoms with Crippen LogP contribution in [0.5, 0.6) is 0 Å². The summed E-state index contributed by atoms with van der Waals surface area (Å²) in [6.45, 7) is 1.66. The Labute approximate surface area is 175 Å². The van der Waals surface area contributed by atoms with Gasteiger partial charge in [0.1, 0.15) is 6.04 Å². The van der Waals surface area contributed by atoms with Gasteiger partial charge in [0.05, 0.1) is 5.56 Å². The number of fused-ring (bicyclic) bond motifs is 1. The first-order valence-electron chi connectivity index (χ1n) is 9.39. The van der Waals surface area contributed by atoms with Crippen molar-refractivity contribution in [2.45, 2.75) is 12.2 Å². The molecule has 0 spiro atoms. The molecule has 0 radical (unpaired) electrons. The number of halogens is 4. The van der Waals surface area contributed by atoms with Crippen molar-refractivity contribution < 1.29 is 23.1 Å². The zero-order valence-electron chi connectivity index (χ0n) is 15.8. The van der Waals surface area contributed by atoms with E-state index in [9.17, 15) is 23.1 Å². The minimum Gasteiger partial charge on any atom is -0.480 e. The second kappa shape index (κ2) is 7.85. The average Bonchev–Trinajstić information content (AvgIpc) is 3.11. The lowest BCUT2D eigenvalue weighted by Crippen LogP contribution is -2.49. The van der Waals surface area contributed by atoms with Gasteiger partial charge >= 0.3 is 12.1 Å². The second-order valence-corrected chi connectivity index (χ2v) is 7.68. The van der Waals surface area contributed by atoms with Gasteiger partial charge in [-0.2, -0.15) is 13.2 Å². The third kappa shape index (κ3) is 3.97. The highest BCUT2D eigenvalue weighted by Gasteiger charge is 2.34. The summed E-state index contributed by atoms with van der Waals surface area (Å²) in [6, 6.07) is 9.59. The molecule has 2 heterocycles. The van der Waals surface area contributed by atoms with Gasteiger partial charge in [-0.25, -0.2) is 0 Å². The lowest BCUT2D eigenvalue weighted by molar-refractivity contribution is -0.143. The topological polar surface area (TPSA) is 59.6 Å². The lowest BCUT2D eigenvalue weighted by Gasteiger charge is -2.39. The van der Waals surface area contributed by atoms with Crippen molar-refractivity contribution in [1.82, 2.24) is 9.88 Å². The van der Waals surface area contributed by atoms with Crippen molar-refractivity contribution in [2.24, 2.45) is 0 Å². The number of piperazine rings is 1. The number of aliphatic carboxylic acids is 1. The Kier molecular flexibility index (Phi) is 5.38. The first-order chi connectivity index (χ1) is 14.2. The van der Waals surface area contributed by atoms with Crippen LogP contribution in [0.1, 0.15) is 17.2 Å². The van der Waals surface area contributed by atoms with Crippen molar-refractivity contribution >= 4 is 34.2 Å². The van der Waals surface area contributed by atoms with Crippen LogP contribution in [0.2, 0.25) is 5.02 Å². The number of aromatic amines is 1. The number of carbonyl (C=O) groups is 1. The molecule has 0 saturated carbocycles. The average molecular weight is 438 g/mol. The summed E-state index contributed by atoms with van der Waals surface area (Å²) in [5.41, 5.74) is 1.20. The maximum absolute atomic E-state index is 13.0. The second-order valence-electron chi connectivity index (χ2n) is 7.25. The quantitative estimate of drug-likeness (QED) is 0.616. The van der Waals surface area contributed by atoms with E-state index in [0.29, 0.717) is 42.5 Å². The number of carboxylic acids is 1. The number of nitrogens with one attached hydrogen (secondary N) is 1. The number of nitrogens with zero attached hydrogens (tertiary/aromatic N) is 2. The first kappa shape index (κ1) is 20.6. The monoisotopic (exact) mass is 437 g/mol. The summed E-state index contributed by atoms with van der Waals surface area (Å²) >= 11 is 6.09. The number of alkyl halides is 3. The van der Waals surface area contributed by atoms with E-state index in [2.05, 4.69) is 4.98 Å². The van der Waals surface area contributed by atoms with E-state index in [0.717, 1.165) is 23.0 Å². The highest BCUT2D eigenvalue weighted by molar-refractivity contribution is 6.31. The fourth-order valence-electron chi connectivity index (χ4n) is 3.94. The highest BCUT2D eigenvalue weighted by atomic mass is 35.5. The van der Waals surface area contributed by atoms with Crippen LogP contribution in [-0.2, 0) is 11.0 Å². The molecule has 1 aliphatic heterocycles. The summed E-state index contributed by atoms with van der Waals surface area (Å²) < 4.78 is 39.0. The Bertz CT molecular complexity index is 1070. The van der Waals surface area contributed by atoms with Crippen molar-refractivity contribution in [3.8, 4) is 0 Å². The predicted octanol–water partition coefficient (Wildman–Crippen LogP) is 4.79. The molecule has 1 fully saturated rings. The van der Waals surface area contributed by atoms with Crippen LogP contribution in [0, 0.1) is 0 Å². The van der Waals surface area contributed by atoms with E-state index in [1.165, 1.54) is 6.07 Å². The van der Waals surface area contributed by atoms with Crippen molar-refractivity contribution in [3.05, 3.63) is 64.8 Å². The molecular weight excluding hydrogens is 419 g/mol. The number of benzene rings is 2. The molecule has 30 heavy (non-hydrogen) atoms. The fraction of sp³-hybridized carbons (Fsp3) is 0.286. The van der Waals surface area contributed by atoms with Crippen LogP contribution in [-0.4, -0.2) is 47.1 Å². The molecular formula is C21H19ClF3N3O2. The summed E-state index contributed by atoms with van der Waals surface area (Å²) in [5, 5.41) is 11.2. The zero-order chi connectivity index (χ0) is 21.5. The van der Waals surface area contributed by atoms with E-state index in [1.807, 2.05) is 9.80 Å². The number of H-pyrrole nitrogens is 1. The Morgan fingerprint density at radius 3 is 2.50 bits per heavy atom. The number of anilines is 1. The van der Waals surface area contributed by atoms with Gasteiger partial charge in [0.25, 0.3) is 0 Å². The van der Waals surface area contributed by atoms with Gasteiger partial charge in [0.15, 0.2) is 0 Å². The molecule has 0 unspecified atom stereocenters. The van der Waals surface area contributed by atoms with Gasteiger partial charge in [-0.05, 0) is 36.4 Å². The van der Waals surface area contributed by atoms with Gasteiger partial charge in [-0.15, -0.1) is 0 Å². The van der Waals surface area contributed by atoms with Crippen LogP contribution in [0.15, 0.2) is 48.7 Å². The van der Waals surface area contributed by atoms with E-state index < -0.39 is 23.8 Å². The minimum absolute atomic E-state index is 0.403. The molecule has 0 aliphatic carbocycles. The van der Waals surface area contributed by atoms with Crippen molar-refractivity contribution in [1.29, 1.82) is 0 Å². The van der Waals surface area contributed by atoms with Crippen LogP contribution < -0.4 is 4.90 Å². The zero-order valence-corrected chi connectivity index (χ0v) is 16.5. The maximum Gasteiger partial charge on any atom is 0.416 e. The standard InChI is InChI=1S/C21H19ClF3N3O2/c22-14-4-5-18-16(11-14)17(12-26-18)19(20(29)30)28-8-6-27(7-9-28)15-3-1-2-13(10-15)21(23,24)25/h1-5,10-12,19,26H,6-9H2,(H,29,30)/t19-/m1/s1. The maximum atomic E-state index is 13.0. The largest absolute Gasteiger partial charge is 0.480 e. The van der Waals surface area contributed by atoms with Gasteiger partial charge in [-0.1, -0.05) is 17.7 Å². The van der Waals surface area contributed by atoms with Crippen LogP contribution >= 0.6 is 11.6 Å². The number of carboxylic acid groups (broad SMARTS) is 1. The molecule has 5 nitrogen and oxygen atoms in total. The predicted molar refractivity (Wildman–Crippen MR) is 109 cm³/mol. The molecule has 3 aromatic rings. The molecule has 1 atom stereocenters. The minimum atomic E-state index is -4.40. The molecule has 1 aliphatic rings. The van der Waals surface area contributed by atoms with E-state index >= 15 is 0 Å². The smallest absolute Gasteiger partial charge is 0.416 e. The Hall–Kier alpha value is -2.71. The van der Waals surface area contributed by atoms with Crippen LogP contribution in [0.4, 0.5) is 18.9 Å².